The van der Waals surface area contributed by atoms with E-state index in [1.165, 1.54) is 6.26 Å². The molecular formula is C12H18N2O2S. The largest absolute Gasteiger partial charge is 0.357 e. The van der Waals surface area contributed by atoms with Gasteiger partial charge >= 0.3 is 0 Å². The number of pyridine rings is 1. The van der Waals surface area contributed by atoms with E-state index in [0.717, 1.165) is 24.5 Å². The molecular weight excluding hydrogens is 236 g/mol. The van der Waals surface area contributed by atoms with Gasteiger partial charge in [0.2, 0.25) is 0 Å². The number of anilines is 1. The molecule has 0 saturated carbocycles. The number of sulfone groups is 1. The van der Waals surface area contributed by atoms with Crippen LogP contribution in [0.25, 0.3) is 0 Å². The van der Waals surface area contributed by atoms with Crippen molar-refractivity contribution in [3.63, 3.8) is 0 Å². The monoisotopic (exact) mass is 254 g/mol. The fraction of sp³-hybridized carbons (Fsp3) is 0.583. The summed E-state index contributed by atoms with van der Waals surface area (Å²) in [6, 6.07) is 4.03. The van der Waals surface area contributed by atoms with Gasteiger partial charge in [-0.25, -0.2) is 13.4 Å². The maximum absolute atomic E-state index is 11.4. The summed E-state index contributed by atoms with van der Waals surface area (Å²) in [6.07, 6.45) is 4.58. The Bertz CT molecular complexity index is 474. The Labute approximate surface area is 103 Å². The van der Waals surface area contributed by atoms with Crippen LogP contribution in [0.5, 0.6) is 0 Å². The Morgan fingerprint density at radius 2 is 1.94 bits per heavy atom. The molecule has 0 spiro atoms. The molecule has 94 valence electrons. The van der Waals surface area contributed by atoms with Gasteiger partial charge in [0.15, 0.2) is 0 Å². The van der Waals surface area contributed by atoms with Crippen LogP contribution in [0, 0.1) is 6.92 Å². The molecule has 0 radical (unpaired) electrons. The molecule has 0 amide bonds. The van der Waals surface area contributed by atoms with Crippen molar-refractivity contribution in [2.24, 2.45) is 0 Å². The van der Waals surface area contributed by atoms with Crippen LogP contribution in [0.2, 0.25) is 0 Å². The second-order valence-electron chi connectivity index (χ2n) is 4.71. The summed E-state index contributed by atoms with van der Waals surface area (Å²) in [4.78, 5) is 6.52. The van der Waals surface area contributed by atoms with Gasteiger partial charge in [-0.15, -0.1) is 0 Å². The van der Waals surface area contributed by atoms with E-state index in [9.17, 15) is 8.42 Å². The number of hydrogen-bond donors (Lipinski definition) is 0. The summed E-state index contributed by atoms with van der Waals surface area (Å²) in [6.45, 7) is 3.55. The van der Waals surface area contributed by atoms with Crippen LogP contribution in [0.3, 0.4) is 0 Å². The molecule has 2 heterocycles. The number of nitrogens with zero attached hydrogens (tertiary/aromatic N) is 2. The smallest absolute Gasteiger partial charge is 0.150 e. The highest BCUT2D eigenvalue weighted by Crippen LogP contribution is 2.21. The molecule has 0 atom stereocenters. The number of piperidine rings is 1. The van der Waals surface area contributed by atoms with E-state index in [1.54, 1.807) is 0 Å². The Balaban J connectivity index is 2.02. The second-order valence-corrected chi connectivity index (χ2v) is 7.04. The van der Waals surface area contributed by atoms with E-state index in [-0.39, 0.29) is 5.25 Å². The van der Waals surface area contributed by atoms with E-state index in [0.29, 0.717) is 12.8 Å². The van der Waals surface area contributed by atoms with Gasteiger partial charge in [-0.05, 0) is 31.4 Å². The van der Waals surface area contributed by atoms with E-state index < -0.39 is 9.84 Å². The molecule has 2 rings (SSSR count). The van der Waals surface area contributed by atoms with Crippen molar-refractivity contribution < 1.29 is 8.42 Å². The van der Waals surface area contributed by atoms with Gasteiger partial charge in [0.25, 0.3) is 0 Å². The maximum atomic E-state index is 11.4. The van der Waals surface area contributed by atoms with Gasteiger partial charge in [0, 0.05) is 25.5 Å². The van der Waals surface area contributed by atoms with E-state index in [1.807, 2.05) is 25.3 Å². The lowest BCUT2D eigenvalue weighted by molar-refractivity contribution is 0.532. The topological polar surface area (TPSA) is 50.3 Å². The Morgan fingerprint density at radius 1 is 1.29 bits per heavy atom. The minimum atomic E-state index is -2.89. The number of hydrogen-bond acceptors (Lipinski definition) is 4. The minimum absolute atomic E-state index is 0.177. The fourth-order valence-electron chi connectivity index (χ4n) is 2.16. The van der Waals surface area contributed by atoms with Crippen LogP contribution < -0.4 is 4.90 Å². The molecule has 0 unspecified atom stereocenters. The highest BCUT2D eigenvalue weighted by Gasteiger charge is 2.26. The molecule has 0 aromatic carbocycles. The van der Waals surface area contributed by atoms with Gasteiger partial charge in [0.05, 0.1) is 5.25 Å². The predicted octanol–water partition coefficient (Wildman–Crippen LogP) is 1.40. The summed E-state index contributed by atoms with van der Waals surface area (Å²) < 4.78 is 22.9. The highest BCUT2D eigenvalue weighted by molar-refractivity contribution is 7.91. The van der Waals surface area contributed by atoms with Gasteiger partial charge in [-0.3, -0.25) is 0 Å². The Kier molecular flexibility index (Phi) is 3.38. The summed E-state index contributed by atoms with van der Waals surface area (Å²) >= 11 is 0. The van der Waals surface area contributed by atoms with Crippen LogP contribution in [0.15, 0.2) is 18.3 Å². The van der Waals surface area contributed by atoms with Crippen molar-refractivity contribution >= 4 is 15.7 Å². The molecule has 1 aromatic rings. The molecule has 0 aliphatic carbocycles. The van der Waals surface area contributed by atoms with Crippen molar-refractivity contribution in [2.45, 2.75) is 25.0 Å². The zero-order chi connectivity index (χ0) is 12.5. The molecule has 1 aliphatic heterocycles. The van der Waals surface area contributed by atoms with E-state index in [2.05, 4.69) is 9.88 Å². The van der Waals surface area contributed by atoms with Gasteiger partial charge in [-0.1, -0.05) is 6.07 Å². The molecule has 0 N–H and O–H groups in total. The van der Waals surface area contributed by atoms with Crippen LogP contribution >= 0.6 is 0 Å². The van der Waals surface area contributed by atoms with Gasteiger partial charge in [0.1, 0.15) is 15.7 Å². The zero-order valence-electron chi connectivity index (χ0n) is 10.3. The molecule has 5 heteroatoms. The summed E-state index contributed by atoms with van der Waals surface area (Å²) in [5.41, 5.74) is 1.14. The van der Waals surface area contributed by atoms with Gasteiger partial charge in [-0.2, -0.15) is 0 Å². The molecule has 1 saturated heterocycles. The van der Waals surface area contributed by atoms with Crippen LogP contribution in [-0.2, 0) is 9.84 Å². The van der Waals surface area contributed by atoms with Crippen LogP contribution in [-0.4, -0.2) is 38.0 Å². The first-order valence-electron chi connectivity index (χ1n) is 5.83. The van der Waals surface area contributed by atoms with E-state index >= 15 is 0 Å². The quantitative estimate of drug-likeness (QED) is 0.800. The van der Waals surface area contributed by atoms with Crippen molar-refractivity contribution in [1.82, 2.24) is 4.98 Å². The number of rotatable bonds is 2. The first-order chi connectivity index (χ1) is 7.97. The molecule has 1 aliphatic rings. The van der Waals surface area contributed by atoms with Crippen molar-refractivity contribution in [1.29, 1.82) is 0 Å². The third kappa shape index (κ3) is 2.97. The average Bonchev–Trinajstić information content (AvgIpc) is 2.29. The first kappa shape index (κ1) is 12.4. The second kappa shape index (κ2) is 4.64. The van der Waals surface area contributed by atoms with Gasteiger partial charge < -0.3 is 4.90 Å². The SMILES string of the molecule is Cc1ccc(N2CCC(S(C)(=O)=O)CC2)nc1. The van der Waals surface area contributed by atoms with E-state index in [4.69, 9.17) is 0 Å². The summed E-state index contributed by atoms with van der Waals surface area (Å²) in [5.74, 6) is 0.947. The molecule has 0 bridgehead atoms. The molecule has 1 aromatic heterocycles. The Hall–Kier alpha value is -1.10. The maximum Gasteiger partial charge on any atom is 0.150 e. The first-order valence-corrected chi connectivity index (χ1v) is 7.79. The third-order valence-corrected chi connectivity index (χ3v) is 4.95. The fourth-order valence-corrected chi connectivity index (χ4v) is 3.23. The van der Waals surface area contributed by atoms with Crippen molar-refractivity contribution in [2.75, 3.05) is 24.2 Å². The lowest BCUT2D eigenvalue weighted by atomic mass is 10.1. The minimum Gasteiger partial charge on any atom is -0.357 e. The molecule has 4 nitrogen and oxygen atoms in total. The molecule has 17 heavy (non-hydrogen) atoms. The van der Waals surface area contributed by atoms with Crippen LogP contribution in [0.1, 0.15) is 18.4 Å². The normalized spacial score (nSPS) is 18.4. The zero-order valence-corrected chi connectivity index (χ0v) is 11.1. The highest BCUT2D eigenvalue weighted by atomic mass is 32.2. The lowest BCUT2D eigenvalue weighted by Gasteiger charge is -2.31. The number of aryl methyl sites for hydroxylation is 1. The lowest BCUT2D eigenvalue weighted by Crippen LogP contribution is -2.39. The van der Waals surface area contributed by atoms with Crippen molar-refractivity contribution in [3.8, 4) is 0 Å². The van der Waals surface area contributed by atoms with Crippen LogP contribution in [0.4, 0.5) is 5.82 Å². The Morgan fingerprint density at radius 3 is 2.41 bits per heavy atom. The standard InChI is InChI=1S/C12H18N2O2S/c1-10-3-4-12(13-9-10)14-7-5-11(6-8-14)17(2,15)16/h3-4,9,11H,5-8H2,1-2H3. The predicted molar refractivity (Wildman–Crippen MR) is 69.1 cm³/mol. The van der Waals surface area contributed by atoms with Crippen molar-refractivity contribution in [3.05, 3.63) is 23.9 Å². The summed E-state index contributed by atoms with van der Waals surface area (Å²) in [5, 5.41) is -0.177. The number of aromatic nitrogens is 1. The summed E-state index contributed by atoms with van der Waals surface area (Å²) in [7, 11) is -2.89. The molecule has 1 fully saturated rings. The third-order valence-electron chi connectivity index (χ3n) is 3.27. The average molecular weight is 254 g/mol.